The first-order chi connectivity index (χ1) is 26.0. The SMILES string of the molecule is Cc1ccc(N2CCN(C(=O)c3c(CCCOc4cc(C)c(Cl)c(C)c4)c4ccc(Cl)c(-c5c(C)nn(C)c5C)c4n3CCN3CCOCC3)CC2)cc1. The molecule has 0 radical (unpaired) electrons. The largest absolute Gasteiger partial charge is 0.494 e. The molecule has 2 aliphatic heterocycles. The number of anilines is 1. The molecular formula is C43H52Cl2N6O3. The second kappa shape index (κ2) is 16.4. The van der Waals surface area contributed by atoms with E-state index in [9.17, 15) is 0 Å². The maximum atomic E-state index is 15.1. The lowest BCUT2D eigenvalue weighted by atomic mass is 9.98. The van der Waals surface area contributed by atoms with Gasteiger partial charge in [0.05, 0.1) is 36.1 Å². The quantitative estimate of drug-likeness (QED) is 0.126. The molecule has 0 N–H and O–H groups in total. The lowest BCUT2D eigenvalue weighted by molar-refractivity contribution is 0.0363. The van der Waals surface area contributed by atoms with Crippen molar-refractivity contribution in [3.05, 3.63) is 97.9 Å². The number of rotatable bonds is 11. The highest BCUT2D eigenvalue weighted by Gasteiger charge is 2.32. The average Bonchev–Trinajstić information content (AvgIpc) is 3.62. The Bertz CT molecular complexity index is 2120. The van der Waals surface area contributed by atoms with Crippen LogP contribution in [0.15, 0.2) is 48.5 Å². The zero-order chi connectivity index (χ0) is 38.1. The molecule has 2 aliphatic rings. The fraction of sp³-hybridized carbons (Fsp3) is 0.442. The number of amides is 1. The summed E-state index contributed by atoms with van der Waals surface area (Å²) < 4.78 is 16.2. The zero-order valence-corrected chi connectivity index (χ0v) is 34.0. The van der Waals surface area contributed by atoms with Gasteiger partial charge in [0.1, 0.15) is 11.4 Å². The van der Waals surface area contributed by atoms with Crippen molar-refractivity contribution in [3.63, 3.8) is 0 Å². The standard InChI is InChI=1S/C43H52Cl2N6O3/c1-28-9-11-33(12-10-28)49-16-18-50(19-17-49)43(52)42-35(8-7-23-54-34-26-29(2)40(45)30(3)27-34)36-13-14-37(44)39(38-31(4)46-47(6)32(38)5)41(36)51(42)20-15-48-21-24-53-25-22-48/h9-14,26-27H,7-8,15-25H2,1-6H3. The topological polar surface area (TPSA) is 68.0 Å². The highest BCUT2D eigenvalue weighted by atomic mass is 35.5. The third kappa shape index (κ3) is 7.74. The molecule has 0 aliphatic carbocycles. The number of nitrogens with zero attached hydrogens (tertiary/aromatic N) is 6. The molecule has 11 heteroatoms. The number of halogens is 2. The van der Waals surface area contributed by atoms with Crippen LogP contribution < -0.4 is 9.64 Å². The Morgan fingerprint density at radius 2 is 1.54 bits per heavy atom. The van der Waals surface area contributed by atoms with Crippen molar-refractivity contribution in [2.45, 2.75) is 54.0 Å². The number of fused-ring (bicyclic) bond motifs is 1. The van der Waals surface area contributed by atoms with E-state index in [1.807, 2.05) is 55.6 Å². The number of piperazine rings is 1. The van der Waals surface area contributed by atoms with Gasteiger partial charge in [-0.15, -0.1) is 0 Å². The van der Waals surface area contributed by atoms with Crippen LogP contribution in [0.3, 0.4) is 0 Å². The van der Waals surface area contributed by atoms with E-state index in [1.165, 1.54) is 11.3 Å². The minimum absolute atomic E-state index is 0.0679. The third-order valence-corrected chi connectivity index (χ3v) is 12.1. The molecule has 9 nitrogen and oxygen atoms in total. The number of hydrogen-bond acceptors (Lipinski definition) is 6. The van der Waals surface area contributed by atoms with E-state index < -0.39 is 0 Å². The molecule has 2 aromatic heterocycles. The van der Waals surface area contributed by atoms with E-state index in [1.54, 1.807) is 0 Å². The monoisotopic (exact) mass is 770 g/mol. The van der Waals surface area contributed by atoms with Crippen LogP contribution in [0, 0.1) is 34.6 Å². The smallest absolute Gasteiger partial charge is 0.270 e. The number of carbonyl (C=O) groups excluding carboxylic acids is 1. The van der Waals surface area contributed by atoms with E-state index in [0.717, 1.165) is 106 Å². The predicted molar refractivity (Wildman–Crippen MR) is 220 cm³/mol. The molecule has 4 heterocycles. The lowest BCUT2D eigenvalue weighted by Gasteiger charge is -2.36. The number of carbonyl (C=O) groups is 1. The molecule has 0 saturated carbocycles. The number of aryl methyl sites for hydroxylation is 6. The number of aromatic nitrogens is 3. The van der Waals surface area contributed by atoms with Crippen molar-refractivity contribution in [1.82, 2.24) is 24.1 Å². The van der Waals surface area contributed by atoms with Gasteiger partial charge in [0, 0.05) is 92.3 Å². The first kappa shape index (κ1) is 38.3. The van der Waals surface area contributed by atoms with Crippen molar-refractivity contribution in [1.29, 1.82) is 0 Å². The van der Waals surface area contributed by atoms with Gasteiger partial charge in [0.15, 0.2) is 0 Å². The Morgan fingerprint density at radius 3 is 2.19 bits per heavy atom. The first-order valence-corrected chi connectivity index (χ1v) is 19.9. The fourth-order valence-electron chi connectivity index (χ4n) is 8.15. The summed E-state index contributed by atoms with van der Waals surface area (Å²) in [6.07, 6.45) is 1.40. The summed E-state index contributed by atoms with van der Waals surface area (Å²) >= 11 is 13.7. The summed E-state index contributed by atoms with van der Waals surface area (Å²) in [6.45, 7) is 18.2. The van der Waals surface area contributed by atoms with Gasteiger partial charge in [-0.2, -0.15) is 5.10 Å². The van der Waals surface area contributed by atoms with E-state index in [-0.39, 0.29) is 5.91 Å². The molecule has 5 aromatic rings. The van der Waals surface area contributed by atoms with Gasteiger partial charge >= 0.3 is 0 Å². The van der Waals surface area contributed by atoms with Crippen LogP contribution in [0.25, 0.3) is 22.0 Å². The summed E-state index contributed by atoms with van der Waals surface area (Å²) in [4.78, 5) is 22.0. The molecule has 2 saturated heterocycles. The van der Waals surface area contributed by atoms with Gasteiger partial charge < -0.3 is 23.8 Å². The van der Waals surface area contributed by atoms with Gasteiger partial charge in [0.25, 0.3) is 5.91 Å². The summed E-state index contributed by atoms with van der Waals surface area (Å²) in [7, 11) is 1.97. The maximum absolute atomic E-state index is 15.1. The molecule has 2 fully saturated rings. The van der Waals surface area contributed by atoms with E-state index in [2.05, 4.69) is 58.5 Å². The summed E-state index contributed by atoms with van der Waals surface area (Å²) in [5.74, 6) is 0.875. The van der Waals surface area contributed by atoms with Gasteiger partial charge in [0.2, 0.25) is 0 Å². The fourth-order valence-corrected chi connectivity index (χ4v) is 8.51. The molecule has 7 rings (SSSR count). The molecule has 286 valence electrons. The highest BCUT2D eigenvalue weighted by molar-refractivity contribution is 6.35. The molecule has 54 heavy (non-hydrogen) atoms. The van der Waals surface area contributed by atoms with Gasteiger partial charge in [-0.05, 0) is 94.5 Å². The molecule has 0 atom stereocenters. The minimum atomic E-state index is 0.0679. The number of ether oxygens (including phenoxy) is 2. The Morgan fingerprint density at radius 1 is 0.852 bits per heavy atom. The number of hydrogen-bond donors (Lipinski definition) is 0. The second-order valence-corrected chi connectivity index (χ2v) is 15.6. The van der Waals surface area contributed by atoms with Crippen molar-refractivity contribution in [3.8, 4) is 16.9 Å². The van der Waals surface area contributed by atoms with Gasteiger partial charge in [-0.1, -0.05) is 47.0 Å². The first-order valence-electron chi connectivity index (χ1n) is 19.2. The number of benzene rings is 3. The Labute approximate surface area is 329 Å². The van der Waals surface area contributed by atoms with Crippen LogP contribution in [0.4, 0.5) is 5.69 Å². The van der Waals surface area contributed by atoms with Crippen molar-refractivity contribution in [2.24, 2.45) is 7.05 Å². The van der Waals surface area contributed by atoms with Crippen LogP contribution >= 0.6 is 23.2 Å². The third-order valence-electron chi connectivity index (χ3n) is 11.2. The van der Waals surface area contributed by atoms with Crippen LogP contribution in [0.1, 0.15) is 50.6 Å². The molecular weight excluding hydrogens is 719 g/mol. The van der Waals surface area contributed by atoms with Gasteiger partial charge in [-0.25, -0.2) is 0 Å². The van der Waals surface area contributed by atoms with Crippen molar-refractivity contribution in [2.75, 3.05) is 70.5 Å². The Hall–Kier alpha value is -4.02. The van der Waals surface area contributed by atoms with Crippen molar-refractivity contribution >= 4 is 45.7 Å². The van der Waals surface area contributed by atoms with E-state index in [4.69, 9.17) is 37.8 Å². The summed E-state index contributed by atoms with van der Waals surface area (Å²) in [6, 6.07) is 16.7. The highest BCUT2D eigenvalue weighted by Crippen LogP contribution is 2.42. The summed E-state index contributed by atoms with van der Waals surface area (Å²) in [5, 5.41) is 7.26. The Balaban J connectivity index is 1.29. The lowest BCUT2D eigenvalue weighted by Crippen LogP contribution is -2.49. The molecule has 3 aromatic carbocycles. The summed E-state index contributed by atoms with van der Waals surface area (Å²) in [5.41, 5.74) is 11.1. The van der Waals surface area contributed by atoms with Gasteiger partial charge in [-0.3, -0.25) is 14.4 Å². The second-order valence-electron chi connectivity index (χ2n) is 14.9. The zero-order valence-electron chi connectivity index (χ0n) is 32.5. The molecule has 0 bridgehead atoms. The average molecular weight is 772 g/mol. The van der Waals surface area contributed by atoms with Crippen molar-refractivity contribution < 1.29 is 14.3 Å². The minimum Gasteiger partial charge on any atom is -0.494 e. The maximum Gasteiger partial charge on any atom is 0.270 e. The van der Waals surface area contributed by atoms with E-state index >= 15 is 4.79 Å². The number of morpholine rings is 1. The predicted octanol–water partition coefficient (Wildman–Crippen LogP) is 8.20. The molecule has 0 unspecified atom stereocenters. The van der Waals surface area contributed by atoms with Crippen LogP contribution in [-0.2, 0) is 24.8 Å². The molecule has 1 amide bonds. The molecule has 0 spiro atoms. The van der Waals surface area contributed by atoms with Crippen LogP contribution in [0.5, 0.6) is 5.75 Å². The van der Waals surface area contributed by atoms with E-state index in [0.29, 0.717) is 50.9 Å². The Kier molecular flexibility index (Phi) is 11.6. The normalized spacial score (nSPS) is 15.4. The van der Waals surface area contributed by atoms with Crippen LogP contribution in [-0.4, -0.2) is 95.7 Å². The van der Waals surface area contributed by atoms with Crippen LogP contribution in [0.2, 0.25) is 10.0 Å².